The molecule has 1 unspecified atom stereocenters. The largest absolute Gasteiger partial charge is 0.416 e. The lowest BCUT2D eigenvalue weighted by Gasteiger charge is -2.12. The number of aliphatic hydroxyl groups is 1. The number of hydrogen-bond acceptors (Lipinski definition) is 3. The normalized spacial score (nSPS) is 13.0. The van der Waals surface area contributed by atoms with Gasteiger partial charge in [0.25, 0.3) is 5.91 Å². The predicted octanol–water partition coefficient (Wildman–Crippen LogP) is 3.23. The minimum absolute atomic E-state index is 0.0637. The highest BCUT2D eigenvalue weighted by molar-refractivity contribution is 7.07. The van der Waals surface area contributed by atoms with Crippen LogP contribution in [0.3, 0.4) is 0 Å². The van der Waals surface area contributed by atoms with Crippen molar-refractivity contribution in [2.45, 2.75) is 12.3 Å². The molecule has 1 aromatic carbocycles. The summed E-state index contributed by atoms with van der Waals surface area (Å²) in [5.74, 6) is -0.657. The second-order valence-electron chi connectivity index (χ2n) is 4.36. The molecule has 21 heavy (non-hydrogen) atoms. The molecule has 1 aromatic heterocycles. The molecule has 0 spiro atoms. The Morgan fingerprint density at radius 2 is 2.10 bits per heavy atom. The Kier molecular flexibility index (Phi) is 4.64. The Balaban J connectivity index is 2.01. The van der Waals surface area contributed by atoms with Crippen LogP contribution in [-0.4, -0.2) is 17.6 Å². The van der Waals surface area contributed by atoms with Crippen molar-refractivity contribution >= 4 is 17.2 Å². The number of thiophene rings is 1. The van der Waals surface area contributed by atoms with Gasteiger partial charge < -0.3 is 10.4 Å². The summed E-state index contributed by atoms with van der Waals surface area (Å²) >= 11 is 1.41. The maximum Gasteiger partial charge on any atom is 0.416 e. The Labute approximate surface area is 123 Å². The summed E-state index contributed by atoms with van der Waals surface area (Å²) in [6.45, 7) is -0.0637. The van der Waals surface area contributed by atoms with Gasteiger partial charge in [-0.2, -0.15) is 24.5 Å². The van der Waals surface area contributed by atoms with Crippen molar-refractivity contribution in [2.75, 3.05) is 6.54 Å². The number of nitrogens with one attached hydrogen (secondary N) is 1. The highest BCUT2D eigenvalue weighted by Gasteiger charge is 2.30. The van der Waals surface area contributed by atoms with Gasteiger partial charge in [0.05, 0.1) is 11.7 Å². The molecule has 0 aliphatic heterocycles. The summed E-state index contributed by atoms with van der Waals surface area (Å²) in [7, 11) is 0. The topological polar surface area (TPSA) is 49.3 Å². The molecule has 1 heterocycles. The second kappa shape index (κ2) is 6.28. The average molecular weight is 315 g/mol. The fraction of sp³-hybridized carbons (Fsp3) is 0.214. The summed E-state index contributed by atoms with van der Waals surface area (Å²) in [5, 5.41) is 15.7. The minimum Gasteiger partial charge on any atom is -0.387 e. The summed E-state index contributed by atoms with van der Waals surface area (Å²) in [6.07, 6.45) is -5.38. The standard InChI is InChI=1S/C14H12F3NO2S/c15-14(16,17)11-3-1-2-9(6-11)13(20)18-7-12(19)10-4-5-21-8-10/h1-6,8,12,19H,7H2,(H,18,20). The maximum absolute atomic E-state index is 12.6. The lowest BCUT2D eigenvalue weighted by atomic mass is 10.1. The number of alkyl halides is 3. The third kappa shape index (κ3) is 4.05. The smallest absolute Gasteiger partial charge is 0.387 e. The van der Waals surface area contributed by atoms with Crippen molar-refractivity contribution in [3.05, 3.63) is 57.8 Å². The number of amides is 1. The summed E-state index contributed by atoms with van der Waals surface area (Å²) in [6, 6.07) is 5.86. The van der Waals surface area contributed by atoms with Crippen LogP contribution in [0, 0.1) is 0 Å². The van der Waals surface area contributed by atoms with Crippen molar-refractivity contribution < 1.29 is 23.1 Å². The zero-order chi connectivity index (χ0) is 15.5. The van der Waals surface area contributed by atoms with Gasteiger partial charge in [-0.15, -0.1) is 0 Å². The number of carbonyl (C=O) groups excluding carboxylic acids is 1. The summed E-state index contributed by atoms with van der Waals surface area (Å²) in [5.41, 5.74) is -0.319. The molecule has 0 bridgehead atoms. The molecule has 3 nitrogen and oxygen atoms in total. The summed E-state index contributed by atoms with van der Waals surface area (Å²) < 4.78 is 37.7. The van der Waals surface area contributed by atoms with Crippen LogP contribution in [-0.2, 0) is 6.18 Å². The first-order chi connectivity index (χ1) is 9.88. The molecule has 2 rings (SSSR count). The van der Waals surface area contributed by atoms with Crippen molar-refractivity contribution in [3.63, 3.8) is 0 Å². The number of carbonyl (C=O) groups is 1. The van der Waals surface area contributed by atoms with Gasteiger partial charge in [-0.25, -0.2) is 0 Å². The molecule has 7 heteroatoms. The van der Waals surface area contributed by atoms with E-state index in [1.165, 1.54) is 23.5 Å². The molecule has 112 valence electrons. The van der Waals surface area contributed by atoms with Gasteiger partial charge in [0.15, 0.2) is 0 Å². The highest BCUT2D eigenvalue weighted by Crippen LogP contribution is 2.29. The first kappa shape index (κ1) is 15.5. The molecule has 2 aromatic rings. The van der Waals surface area contributed by atoms with Crippen molar-refractivity contribution in [2.24, 2.45) is 0 Å². The van der Waals surface area contributed by atoms with Gasteiger partial charge in [-0.05, 0) is 40.6 Å². The van der Waals surface area contributed by atoms with Crippen LogP contribution >= 0.6 is 11.3 Å². The average Bonchev–Trinajstić information content (AvgIpc) is 2.98. The zero-order valence-electron chi connectivity index (χ0n) is 10.7. The van der Waals surface area contributed by atoms with E-state index in [-0.39, 0.29) is 12.1 Å². The van der Waals surface area contributed by atoms with E-state index >= 15 is 0 Å². The van der Waals surface area contributed by atoms with E-state index in [2.05, 4.69) is 5.32 Å². The molecule has 2 N–H and O–H groups in total. The third-order valence-corrected chi connectivity index (χ3v) is 3.54. The molecule has 1 amide bonds. The second-order valence-corrected chi connectivity index (χ2v) is 5.14. The van der Waals surface area contributed by atoms with Crippen LogP contribution in [0.2, 0.25) is 0 Å². The van der Waals surface area contributed by atoms with Gasteiger partial charge in [-0.1, -0.05) is 6.07 Å². The van der Waals surface area contributed by atoms with Crippen LogP contribution in [0.15, 0.2) is 41.1 Å². The number of aliphatic hydroxyl groups excluding tert-OH is 1. The molecule has 1 atom stereocenters. The van der Waals surface area contributed by atoms with E-state index in [4.69, 9.17) is 0 Å². The highest BCUT2D eigenvalue weighted by atomic mass is 32.1. The molecular formula is C14H12F3NO2S. The molecule has 0 saturated heterocycles. The van der Waals surface area contributed by atoms with Crippen molar-refractivity contribution in [1.29, 1.82) is 0 Å². The van der Waals surface area contributed by atoms with Gasteiger partial charge in [-0.3, -0.25) is 4.79 Å². The van der Waals surface area contributed by atoms with Crippen LogP contribution in [0.1, 0.15) is 27.6 Å². The Hall–Kier alpha value is -1.86. The zero-order valence-corrected chi connectivity index (χ0v) is 11.5. The van der Waals surface area contributed by atoms with Crippen LogP contribution < -0.4 is 5.32 Å². The first-order valence-corrected chi connectivity index (χ1v) is 6.98. The molecular weight excluding hydrogens is 303 g/mol. The van der Waals surface area contributed by atoms with Crippen molar-refractivity contribution in [3.8, 4) is 0 Å². The quantitative estimate of drug-likeness (QED) is 0.910. The molecule has 0 saturated carbocycles. The van der Waals surface area contributed by atoms with E-state index < -0.39 is 23.8 Å². The summed E-state index contributed by atoms with van der Waals surface area (Å²) in [4.78, 5) is 11.8. The fourth-order valence-electron chi connectivity index (χ4n) is 1.71. The SMILES string of the molecule is O=C(NCC(O)c1ccsc1)c1cccc(C(F)(F)F)c1. The lowest BCUT2D eigenvalue weighted by Crippen LogP contribution is -2.28. The van der Waals surface area contributed by atoms with Gasteiger partial charge >= 0.3 is 6.18 Å². The molecule has 0 radical (unpaired) electrons. The van der Waals surface area contributed by atoms with Crippen LogP contribution in [0.25, 0.3) is 0 Å². The van der Waals surface area contributed by atoms with Gasteiger partial charge in [0.2, 0.25) is 0 Å². The Bertz CT molecular complexity index is 611. The number of rotatable bonds is 4. The van der Waals surface area contributed by atoms with Gasteiger partial charge in [0, 0.05) is 12.1 Å². The first-order valence-electron chi connectivity index (χ1n) is 6.03. The molecule has 0 fully saturated rings. The Morgan fingerprint density at radius 1 is 1.33 bits per heavy atom. The minimum atomic E-state index is -4.49. The van der Waals surface area contributed by atoms with Crippen LogP contribution in [0.4, 0.5) is 13.2 Å². The van der Waals surface area contributed by atoms with E-state index in [1.54, 1.807) is 16.8 Å². The maximum atomic E-state index is 12.6. The fourth-order valence-corrected chi connectivity index (χ4v) is 2.42. The Morgan fingerprint density at radius 3 is 2.71 bits per heavy atom. The number of benzene rings is 1. The van der Waals surface area contributed by atoms with E-state index in [0.29, 0.717) is 5.56 Å². The molecule has 0 aliphatic carbocycles. The van der Waals surface area contributed by atoms with Gasteiger partial charge in [0.1, 0.15) is 0 Å². The van der Waals surface area contributed by atoms with E-state index in [9.17, 15) is 23.1 Å². The van der Waals surface area contributed by atoms with E-state index in [1.807, 2.05) is 0 Å². The number of hydrogen-bond donors (Lipinski definition) is 2. The van der Waals surface area contributed by atoms with E-state index in [0.717, 1.165) is 12.1 Å². The lowest BCUT2D eigenvalue weighted by molar-refractivity contribution is -0.137. The number of halogens is 3. The van der Waals surface area contributed by atoms with Crippen LogP contribution in [0.5, 0.6) is 0 Å². The third-order valence-electron chi connectivity index (χ3n) is 2.84. The monoisotopic (exact) mass is 315 g/mol. The molecule has 0 aliphatic rings. The van der Waals surface area contributed by atoms with Crippen molar-refractivity contribution in [1.82, 2.24) is 5.32 Å². The predicted molar refractivity (Wildman–Crippen MR) is 73.1 cm³/mol.